The van der Waals surface area contributed by atoms with Crippen molar-refractivity contribution in [3.63, 3.8) is 0 Å². The summed E-state index contributed by atoms with van der Waals surface area (Å²) in [6, 6.07) is 18.3. The monoisotopic (exact) mass is 317 g/mol. The molecule has 122 valence electrons. The molecule has 24 heavy (non-hydrogen) atoms. The summed E-state index contributed by atoms with van der Waals surface area (Å²) in [5.41, 5.74) is 4.35. The minimum atomic E-state index is -0.604. The third-order valence-electron chi connectivity index (χ3n) is 4.46. The van der Waals surface area contributed by atoms with E-state index >= 15 is 0 Å². The van der Waals surface area contributed by atoms with Crippen molar-refractivity contribution in [2.45, 2.75) is 33.4 Å². The second kappa shape index (κ2) is 6.95. The summed E-state index contributed by atoms with van der Waals surface area (Å²) in [6.45, 7) is 7.04. The lowest BCUT2D eigenvalue weighted by Crippen LogP contribution is -2.13. The minimum absolute atomic E-state index is 0.139. The Hall–Kier alpha value is -2.50. The van der Waals surface area contributed by atoms with Crippen LogP contribution in [-0.2, 0) is 6.54 Å². The van der Waals surface area contributed by atoms with Gasteiger partial charge in [0.25, 0.3) is 0 Å². The summed E-state index contributed by atoms with van der Waals surface area (Å²) in [5, 5.41) is 12.0. The number of para-hydroxylation sites is 1. The van der Waals surface area contributed by atoms with Gasteiger partial charge in [0.05, 0.1) is 5.52 Å². The van der Waals surface area contributed by atoms with Crippen LogP contribution in [0.5, 0.6) is 0 Å². The van der Waals surface area contributed by atoms with Gasteiger partial charge in [-0.15, -0.1) is 0 Å². The first-order valence-corrected chi connectivity index (χ1v) is 8.45. The summed E-state index contributed by atoms with van der Waals surface area (Å²) in [5.74, 6) is 6.21. The fourth-order valence-corrected chi connectivity index (χ4v) is 3.17. The van der Waals surface area contributed by atoms with E-state index in [9.17, 15) is 5.11 Å². The van der Waals surface area contributed by atoms with Gasteiger partial charge in [0.1, 0.15) is 6.10 Å². The van der Waals surface area contributed by atoms with E-state index in [0.717, 1.165) is 17.8 Å². The molecular weight excluding hydrogens is 294 g/mol. The van der Waals surface area contributed by atoms with Crippen LogP contribution >= 0.6 is 0 Å². The Labute approximate surface area is 143 Å². The van der Waals surface area contributed by atoms with Gasteiger partial charge in [-0.1, -0.05) is 48.2 Å². The molecule has 2 nitrogen and oxygen atoms in total. The van der Waals surface area contributed by atoms with Crippen LogP contribution in [0, 0.1) is 24.7 Å². The molecule has 0 saturated heterocycles. The molecule has 1 heterocycles. The first-order chi connectivity index (χ1) is 11.6. The Kier molecular flexibility index (Phi) is 4.74. The number of hydrogen-bond donors (Lipinski definition) is 1. The zero-order chi connectivity index (χ0) is 17.1. The molecule has 1 N–H and O–H groups in total. The second-order valence-electron chi connectivity index (χ2n) is 6.20. The quantitative estimate of drug-likeness (QED) is 0.697. The van der Waals surface area contributed by atoms with Gasteiger partial charge in [0.2, 0.25) is 0 Å². The molecule has 0 radical (unpaired) electrons. The fourth-order valence-electron chi connectivity index (χ4n) is 3.17. The van der Waals surface area contributed by atoms with Crippen molar-refractivity contribution >= 4 is 10.9 Å². The van der Waals surface area contributed by atoms with Crippen molar-refractivity contribution in [1.82, 2.24) is 4.57 Å². The van der Waals surface area contributed by atoms with E-state index in [-0.39, 0.29) is 5.92 Å². The van der Waals surface area contributed by atoms with Gasteiger partial charge < -0.3 is 9.67 Å². The van der Waals surface area contributed by atoms with Gasteiger partial charge in [-0.2, -0.15) is 0 Å². The minimum Gasteiger partial charge on any atom is -0.386 e. The van der Waals surface area contributed by atoms with Crippen molar-refractivity contribution in [3.05, 3.63) is 71.4 Å². The summed E-state index contributed by atoms with van der Waals surface area (Å²) < 4.78 is 2.20. The molecule has 2 atom stereocenters. The van der Waals surface area contributed by atoms with Crippen molar-refractivity contribution in [2.75, 3.05) is 0 Å². The van der Waals surface area contributed by atoms with Crippen LogP contribution in [-0.4, -0.2) is 9.67 Å². The van der Waals surface area contributed by atoms with Crippen LogP contribution in [0.1, 0.15) is 36.8 Å². The third kappa shape index (κ3) is 3.09. The molecule has 2 aromatic carbocycles. The molecule has 1 aromatic heterocycles. The van der Waals surface area contributed by atoms with E-state index in [4.69, 9.17) is 0 Å². The van der Waals surface area contributed by atoms with Crippen LogP contribution in [0.3, 0.4) is 0 Å². The Morgan fingerprint density at radius 2 is 1.83 bits per heavy atom. The summed E-state index contributed by atoms with van der Waals surface area (Å²) in [7, 11) is 0. The van der Waals surface area contributed by atoms with Crippen LogP contribution in [0.2, 0.25) is 0 Å². The zero-order valence-electron chi connectivity index (χ0n) is 14.5. The maximum atomic E-state index is 10.8. The average molecular weight is 317 g/mol. The molecule has 0 aliphatic heterocycles. The smallest absolute Gasteiger partial charge is 0.107 e. The predicted octanol–water partition coefficient (Wildman–Crippen LogP) is 4.69. The summed E-state index contributed by atoms with van der Waals surface area (Å²) in [4.78, 5) is 0. The maximum absolute atomic E-state index is 10.8. The number of aliphatic hydroxyl groups is 1. The van der Waals surface area contributed by atoms with Crippen molar-refractivity contribution in [1.29, 1.82) is 0 Å². The Morgan fingerprint density at radius 1 is 1.08 bits per heavy atom. The van der Waals surface area contributed by atoms with Crippen molar-refractivity contribution < 1.29 is 5.11 Å². The Bertz CT molecular complexity index is 896. The lowest BCUT2D eigenvalue weighted by atomic mass is 10.0. The summed E-state index contributed by atoms with van der Waals surface area (Å²) in [6.07, 6.45) is -0.604. The molecule has 3 aromatic rings. The Morgan fingerprint density at radius 3 is 2.54 bits per heavy atom. The van der Waals surface area contributed by atoms with Gasteiger partial charge in [0, 0.05) is 29.1 Å². The highest BCUT2D eigenvalue weighted by molar-refractivity contribution is 5.84. The number of rotatable bonds is 3. The number of aromatic nitrogens is 1. The number of benzene rings is 2. The predicted molar refractivity (Wildman–Crippen MR) is 99.8 cm³/mol. The van der Waals surface area contributed by atoms with Crippen LogP contribution in [0.15, 0.2) is 54.6 Å². The number of aliphatic hydroxyl groups excluding tert-OH is 1. The van der Waals surface area contributed by atoms with Crippen LogP contribution < -0.4 is 0 Å². The first kappa shape index (κ1) is 16.4. The Balaban J connectivity index is 1.95. The first-order valence-electron chi connectivity index (χ1n) is 8.45. The van der Waals surface area contributed by atoms with Crippen LogP contribution in [0.25, 0.3) is 10.9 Å². The second-order valence-corrected chi connectivity index (χ2v) is 6.20. The number of fused-ring (bicyclic) bond motifs is 1. The number of hydrogen-bond acceptors (Lipinski definition) is 1. The summed E-state index contributed by atoms with van der Waals surface area (Å²) >= 11 is 0. The lowest BCUT2D eigenvalue weighted by molar-refractivity contribution is 0.135. The molecular formula is C22H23NO. The van der Waals surface area contributed by atoms with E-state index in [1.54, 1.807) is 0 Å². The van der Waals surface area contributed by atoms with Gasteiger partial charge in [-0.05, 0) is 44.5 Å². The van der Waals surface area contributed by atoms with E-state index in [1.165, 1.54) is 16.5 Å². The molecule has 2 heteroatoms. The molecule has 0 saturated carbocycles. The van der Waals surface area contributed by atoms with E-state index in [0.29, 0.717) is 0 Å². The van der Waals surface area contributed by atoms with Gasteiger partial charge in [-0.25, -0.2) is 0 Å². The topological polar surface area (TPSA) is 25.2 Å². The number of nitrogens with zero attached hydrogens (tertiary/aromatic N) is 1. The van der Waals surface area contributed by atoms with Crippen molar-refractivity contribution in [3.8, 4) is 11.8 Å². The van der Waals surface area contributed by atoms with Gasteiger partial charge >= 0.3 is 0 Å². The van der Waals surface area contributed by atoms with Gasteiger partial charge in [-0.3, -0.25) is 0 Å². The average Bonchev–Trinajstić information content (AvgIpc) is 2.99. The fraction of sp³-hybridized carbons (Fsp3) is 0.273. The molecule has 0 fully saturated rings. The van der Waals surface area contributed by atoms with E-state index in [2.05, 4.69) is 54.5 Å². The zero-order valence-corrected chi connectivity index (χ0v) is 14.5. The molecule has 0 amide bonds. The normalized spacial score (nSPS) is 13.3. The highest BCUT2D eigenvalue weighted by Crippen LogP contribution is 2.30. The van der Waals surface area contributed by atoms with E-state index < -0.39 is 6.10 Å². The molecule has 0 aliphatic carbocycles. The molecule has 0 spiro atoms. The van der Waals surface area contributed by atoms with Gasteiger partial charge in [0.15, 0.2) is 0 Å². The molecule has 0 aliphatic rings. The van der Waals surface area contributed by atoms with Crippen molar-refractivity contribution in [2.24, 2.45) is 5.92 Å². The largest absolute Gasteiger partial charge is 0.386 e. The molecule has 3 rings (SSSR count). The standard InChI is InChI=1S/C22H23NO/c1-4-23-20(15-19-12-8-9-16(2)21(19)23)22(24)17(3)13-14-18-10-6-5-7-11-18/h5-12,15,17,22,24H,4H2,1-3H3. The lowest BCUT2D eigenvalue weighted by Gasteiger charge is -2.17. The number of aryl methyl sites for hydroxylation is 2. The van der Waals surface area contributed by atoms with E-state index in [1.807, 2.05) is 37.3 Å². The third-order valence-corrected chi connectivity index (χ3v) is 4.46. The SMILES string of the molecule is CCn1c(C(O)C(C)C#Cc2ccccc2)cc2cccc(C)c21. The highest BCUT2D eigenvalue weighted by Gasteiger charge is 2.20. The molecule has 0 bridgehead atoms. The molecule has 2 unspecified atom stereocenters. The maximum Gasteiger partial charge on any atom is 0.107 e. The van der Waals surface area contributed by atoms with Crippen LogP contribution in [0.4, 0.5) is 0 Å². The highest BCUT2D eigenvalue weighted by atomic mass is 16.3.